The van der Waals surface area contributed by atoms with E-state index in [-0.39, 0.29) is 11.8 Å². The first kappa shape index (κ1) is 12.4. The van der Waals surface area contributed by atoms with Crippen molar-refractivity contribution in [1.82, 2.24) is 9.88 Å². The van der Waals surface area contributed by atoms with Gasteiger partial charge in [0.25, 0.3) is 5.91 Å². The van der Waals surface area contributed by atoms with E-state index < -0.39 is 0 Å². The molecule has 1 aliphatic heterocycles. The average Bonchev–Trinajstić information content (AvgIpc) is 2.46. The fraction of sp³-hybridized carbons (Fsp3) is 0.462. The predicted molar refractivity (Wildman–Crippen MR) is 65.0 cm³/mol. The van der Waals surface area contributed by atoms with Gasteiger partial charge in [-0.05, 0) is 25.0 Å². The van der Waals surface area contributed by atoms with Gasteiger partial charge in [-0.25, -0.2) is 4.98 Å². The Balaban J connectivity index is 2.18. The van der Waals surface area contributed by atoms with Crippen LogP contribution in [0.15, 0.2) is 18.3 Å². The van der Waals surface area contributed by atoms with Crippen LogP contribution in [-0.4, -0.2) is 36.0 Å². The van der Waals surface area contributed by atoms with Gasteiger partial charge in [-0.3, -0.25) is 4.79 Å². The van der Waals surface area contributed by atoms with Crippen molar-refractivity contribution in [2.45, 2.75) is 12.8 Å². The largest absolute Gasteiger partial charge is 0.480 e. The number of piperidine rings is 1. The van der Waals surface area contributed by atoms with Crippen LogP contribution in [0.5, 0.6) is 5.88 Å². The molecule has 1 aliphatic rings. The third-order valence-electron chi connectivity index (χ3n) is 3.09. The quantitative estimate of drug-likeness (QED) is 0.791. The summed E-state index contributed by atoms with van der Waals surface area (Å²) >= 11 is 0. The van der Waals surface area contributed by atoms with Gasteiger partial charge < -0.3 is 9.64 Å². The van der Waals surface area contributed by atoms with Crippen molar-refractivity contribution in [1.29, 1.82) is 5.26 Å². The van der Waals surface area contributed by atoms with Crippen LogP contribution in [0, 0.1) is 17.2 Å². The van der Waals surface area contributed by atoms with Gasteiger partial charge in [0.15, 0.2) is 0 Å². The molecule has 2 heterocycles. The maximum Gasteiger partial charge on any atom is 0.259 e. The molecule has 2 rings (SSSR count). The molecule has 1 aromatic heterocycles. The first-order valence-electron chi connectivity index (χ1n) is 5.94. The molecule has 18 heavy (non-hydrogen) atoms. The molecular formula is C13H15N3O2. The molecular weight excluding hydrogens is 230 g/mol. The Labute approximate surface area is 106 Å². The highest BCUT2D eigenvalue weighted by Crippen LogP contribution is 2.21. The van der Waals surface area contributed by atoms with E-state index >= 15 is 0 Å². The van der Waals surface area contributed by atoms with Crippen LogP contribution < -0.4 is 4.74 Å². The van der Waals surface area contributed by atoms with Crippen LogP contribution in [-0.2, 0) is 0 Å². The molecule has 1 saturated heterocycles. The predicted octanol–water partition coefficient (Wildman–Crippen LogP) is 1.47. The lowest BCUT2D eigenvalue weighted by atomic mass is 9.99. The van der Waals surface area contributed by atoms with E-state index in [9.17, 15) is 4.79 Å². The number of hydrogen-bond acceptors (Lipinski definition) is 4. The molecule has 0 N–H and O–H groups in total. The molecule has 0 radical (unpaired) electrons. The van der Waals surface area contributed by atoms with Crippen LogP contribution in [0.3, 0.4) is 0 Å². The molecule has 0 aliphatic carbocycles. The van der Waals surface area contributed by atoms with E-state index in [1.165, 1.54) is 7.11 Å². The van der Waals surface area contributed by atoms with Crippen LogP contribution in [0.4, 0.5) is 0 Å². The molecule has 1 fully saturated rings. The Morgan fingerprint density at radius 1 is 1.67 bits per heavy atom. The van der Waals surface area contributed by atoms with Crippen LogP contribution in [0.1, 0.15) is 23.2 Å². The lowest BCUT2D eigenvalue weighted by Crippen LogP contribution is -2.39. The Kier molecular flexibility index (Phi) is 3.78. The number of rotatable bonds is 2. The molecule has 5 heteroatoms. The van der Waals surface area contributed by atoms with Gasteiger partial charge in [0.2, 0.25) is 5.88 Å². The summed E-state index contributed by atoms with van der Waals surface area (Å²) in [6.45, 7) is 1.18. The van der Waals surface area contributed by atoms with Gasteiger partial charge in [-0.15, -0.1) is 0 Å². The lowest BCUT2D eigenvalue weighted by molar-refractivity contribution is 0.0694. The van der Waals surface area contributed by atoms with Crippen LogP contribution in [0.2, 0.25) is 0 Å². The first-order valence-corrected chi connectivity index (χ1v) is 5.94. The zero-order valence-electron chi connectivity index (χ0n) is 10.3. The van der Waals surface area contributed by atoms with Crippen molar-refractivity contribution in [3.8, 4) is 11.9 Å². The molecule has 0 aromatic carbocycles. The van der Waals surface area contributed by atoms with Gasteiger partial charge in [-0.1, -0.05) is 0 Å². The molecule has 94 valence electrons. The maximum atomic E-state index is 12.3. The molecule has 1 atom stereocenters. The third kappa shape index (κ3) is 2.43. The fourth-order valence-electron chi connectivity index (χ4n) is 2.15. The number of hydrogen-bond donors (Lipinski definition) is 0. The van der Waals surface area contributed by atoms with Crippen molar-refractivity contribution < 1.29 is 9.53 Å². The number of nitrogens with zero attached hydrogens (tertiary/aromatic N) is 3. The van der Waals surface area contributed by atoms with E-state index in [2.05, 4.69) is 11.1 Å². The molecule has 0 bridgehead atoms. The molecule has 0 spiro atoms. The summed E-state index contributed by atoms with van der Waals surface area (Å²) in [5, 5.41) is 8.94. The van der Waals surface area contributed by atoms with Crippen molar-refractivity contribution in [3.63, 3.8) is 0 Å². The number of pyridine rings is 1. The average molecular weight is 245 g/mol. The highest BCUT2D eigenvalue weighted by molar-refractivity contribution is 5.96. The summed E-state index contributed by atoms with van der Waals surface area (Å²) in [6, 6.07) is 5.64. The Hall–Kier alpha value is -2.09. The topological polar surface area (TPSA) is 66.2 Å². The van der Waals surface area contributed by atoms with Gasteiger partial charge in [-0.2, -0.15) is 5.26 Å². The minimum Gasteiger partial charge on any atom is -0.480 e. The Morgan fingerprint density at radius 3 is 3.22 bits per heavy atom. The van der Waals surface area contributed by atoms with Crippen LogP contribution >= 0.6 is 0 Å². The first-order chi connectivity index (χ1) is 8.76. The van der Waals surface area contributed by atoms with Crippen molar-refractivity contribution in [2.75, 3.05) is 20.2 Å². The number of ether oxygens (including phenoxy) is 1. The van der Waals surface area contributed by atoms with E-state index in [0.717, 1.165) is 12.8 Å². The summed E-state index contributed by atoms with van der Waals surface area (Å²) in [7, 11) is 1.49. The summed E-state index contributed by atoms with van der Waals surface area (Å²) < 4.78 is 5.09. The zero-order valence-corrected chi connectivity index (χ0v) is 10.3. The number of likely N-dealkylation sites (tertiary alicyclic amines) is 1. The number of aromatic nitrogens is 1. The standard InChI is InChI=1S/C13H15N3O2/c1-18-12-11(5-2-6-15-12)13(17)16-7-3-4-10(8-14)9-16/h2,5-6,10H,3-4,7,9H2,1H3. The number of amides is 1. The molecule has 1 aromatic rings. The van der Waals surface area contributed by atoms with Gasteiger partial charge in [0.05, 0.1) is 19.1 Å². The number of nitriles is 1. The summed E-state index contributed by atoms with van der Waals surface area (Å²) in [5.74, 6) is 0.159. The van der Waals surface area contributed by atoms with Crippen LogP contribution in [0.25, 0.3) is 0 Å². The van der Waals surface area contributed by atoms with E-state index in [1.807, 2.05) is 0 Å². The normalized spacial score (nSPS) is 19.1. The zero-order chi connectivity index (χ0) is 13.0. The minimum atomic E-state index is -0.111. The monoisotopic (exact) mass is 245 g/mol. The molecule has 0 saturated carbocycles. The molecule has 1 unspecified atom stereocenters. The fourth-order valence-corrected chi connectivity index (χ4v) is 2.15. The van der Waals surface area contributed by atoms with E-state index in [0.29, 0.717) is 24.5 Å². The Morgan fingerprint density at radius 2 is 2.50 bits per heavy atom. The summed E-state index contributed by atoms with van der Waals surface area (Å²) in [4.78, 5) is 18.1. The number of methoxy groups -OCH3 is 1. The third-order valence-corrected chi connectivity index (χ3v) is 3.09. The second kappa shape index (κ2) is 5.50. The highest BCUT2D eigenvalue weighted by Gasteiger charge is 2.26. The maximum absolute atomic E-state index is 12.3. The smallest absolute Gasteiger partial charge is 0.259 e. The van der Waals surface area contributed by atoms with E-state index in [4.69, 9.17) is 10.00 Å². The van der Waals surface area contributed by atoms with Gasteiger partial charge >= 0.3 is 0 Å². The lowest BCUT2D eigenvalue weighted by Gasteiger charge is -2.29. The highest BCUT2D eigenvalue weighted by atomic mass is 16.5. The van der Waals surface area contributed by atoms with E-state index in [1.54, 1.807) is 23.2 Å². The molecule has 5 nitrogen and oxygen atoms in total. The van der Waals surface area contributed by atoms with Crippen molar-refractivity contribution >= 4 is 5.91 Å². The van der Waals surface area contributed by atoms with Gasteiger partial charge in [0, 0.05) is 19.3 Å². The molecule has 1 amide bonds. The summed E-state index contributed by atoms with van der Waals surface area (Å²) in [5.41, 5.74) is 0.457. The number of carbonyl (C=O) groups is 1. The SMILES string of the molecule is COc1ncccc1C(=O)N1CCCC(C#N)C1. The van der Waals surface area contributed by atoms with Gasteiger partial charge in [0.1, 0.15) is 5.56 Å². The minimum absolute atomic E-state index is 0.0645. The van der Waals surface area contributed by atoms with Crippen molar-refractivity contribution in [2.24, 2.45) is 5.92 Å². The second-order valence-electron chi connectivity index (χ2n) is 4.28. The van der Waals surface area contributed by atoms with Crippen molar-refractivity contribution in [3.05, 3.63) is 23.9 Å². The second-order valence-corrected chi connectivity index (χ2v) is 4.28. The number of carbonyl (C=O) groups excluding carboxylic acids is 1. The Bertz CT molecular complexity index is 481. The summed E-state index contributed by atoms with van der Waals surface area (Å²) in [6.07, 6.45) is 3.32.